The topological polar surface area (TPSA) is 71.0 Å². The fourth-order valence-electron chi connectivity index (χ4n) is 4.39. The molecule has 0 aromatic heterocycles. The minimum Gasteiger partial charge on any atom is -0.395 e. The van der Waals surface area contributed by atoms with E-state index >= 15 is 0 Å². The molecule has 0 amide bonds. The van der Waals surface area contributed by atoms with Gasteiger partial charge in [0.2, 0.25) is 0 Å². The average Bonchev–Trinajstić information content (AvgIpc) is 2.86. The first-order valence-corrected chi connectivity index (χ1v) is 12.0. The van der Waals surface area contributed by atoms with Crippen LogP contribution in [0.1, 0.15) is 50.3 Å². The van der Waals surface area contributed by atoms with Crippen LogP contribution in [0, 0.1) is 28.1 Å². The largest absolute Gasteiger partial charge is 0.395 e. The summed E-state index contributed by atoms with van der Waals surface area (Å²) in [6.07, 6.45) is 12.0. The fraction of sp³-hybridized carbons (Fsp3) is 0.290. The van der Waals surface area contributed by atoms with Crippen LogP contribution in [-0.4, -0.2) is 24.8 Å². The van der Waals surface area contributed by atoms with Gasteiger partial charge in [0.1, 0.15) is 17.7 Å². The molecule has 0 heterocycles. The molecule has 0 saturated heterocycles. The van der Waals surface area contributed by atoms with Crippen LogP contribution >= 0.6 is 0 Å². The van der Waals surface area contributed by atoms with E-state index in [0.717, 1.165) is 52.9 Å². The van der Waals surface area contributed by atoms with Gasteiger partial charge in [-0.1, -0.05) is 80.6 Å². The van der Waals surface area contributed by atoms with Gasteiger partial charge in [0, 0.05) is 18.8 Å². The first kappa shape index (κ1) is 25.8. The van der Waals surface area contributed by atoms with Crippen LogP contribution in [0.4, 0.5) is 5.69 Å². The Hall–Kier alpha value is -3.86. The Balaban J connectivity index is 1.68. The zero-order valence-corrected chi connectivity index (χ0v) is 20.8. The number of anilines is 1. The summed E-state index contributed by atoms with van der Waals surface area (Å²) in [7, 11) is 0. The molecule has 4 heteroatoms. The molecule has 1 N–H and O–H groups in total. The number of hydrogen-bond acceptors (Lipinski definition) is 4. The first-order chi connectivity index (χ1) is 16.9. The molecule has 4 nitrogen and oxygen atoms in total. The molecule has 1 aliphatic carbocycles. The zero-order valence-electron chi connectivity index (χ0n) is 20.8. The lowest BCUT2D eigenvalue weighted by Crippen LogP contribution is -2.25. The highest BCUT2D eigenvalue weighted by molar-refractivity contribution is 5.71. The van der Waals surface area contributed by atoms with Crippen molar-refractivity contribution < 1.29 is 5.11 Å². The van der Waals surface area contributed by atoms with E-state index in [9.17, 15) is 15.6 Å². The van der Waals surface area contributed by atoms with Gasteiger partial charge in [0.25, 0.3) is 0 Å². The molecule has 2 aromatic rings. The molecule has 0 radical (unpaired) electrons. The maximum absolute atomic E-state index is 9.26. The highest BCUT2D eigenvalue weighted by Gasteiger charge is 2.26. The van der Waals surface area contributed by atoms with Crippen molar-refractivity contribution in [3.05, 3.63) is 94.1 Å². The molecule has 0 spiro atoms. The molecule has 0 atom stereocenters. The van der Waals surface area contributed by atoms with Gasteiger partial charge in [-0.3, -0.25) is 0 Å². The van der Waals surface area contributed by atoms with Gasteiger partial charge in [0.05, 0.1) is 6.61 Å². The van der Waals surface area contributed by atoms with E-state index in [0.29, 0.717) is 6.54 Å². The highest BCUT2D eigenvalue weighted by Crippen LogP contribution is 2.39. The van der Waals surface area contributed by atoms with E-state index in [1.807, 2.05) is 18.2 Å². The molecule has 178 valence electrons. The zero-order chi connectivity index (χ0) is 25.3. The number of aliphatic hydroxyl groups excluding tert-OH is 1. The fourth-order valence-corrected chi connectivity index (χ4v) is 4.39. The van der Waals surface area contributed by atoms with Crippen LogP contribution in [0.25, 0.3) is 18.2 Å². The van der Waals surface area contributed by atoms with Crippen LogP contribution in [0.3, 0.4) is 0 Å². The highest BCUT2D eigenvalue weighted by atomic mass is 16.3. The Bertz CT molecular complexity index is 1200. The van der Waals surface area contributed by atoms with Crippen LogP contribution in [0.5, 0.6) is 0 Å². The second kappa shape index (κ2) is 12.0. The third kappa shape index (κ3) is 7.31. The molecule has 1 aliphatic rings. The summed E-state index contributed by atoms with van der Waals surface area (Å²) < 4.78 is 0. The van der Waals surface area contributed by atoms with Crippen molar-refractivity contribution in [3.63, 3.8) is 0 Å². The summed E-state index contributed by atoms with van der Waals surface area (Å²) in [6.45, 7) is 8.08. The number of nitrogens with zero attached hydrogens (tertiary/aromatic N) is 3. The molecule has 3 rings (SSSR count). The Morgan fingerprint density at radius 3 is 1.89 bits per heavy atom. The van der Waals surface area contributed by atoms with Crippen LogP contribution in [-0.2, 0) is 0 Å². The van der Waals surface area contributed by atoms with Gasteiger partial charge in [-0.25, -0.2) is 0 Å². The molecule has 0 bridgehead atoms. The molecule has 0 fully saturated rings. The summed E-state index contributed by atoms with van der Waals surface area (Å²) in [5.74, 6) is 0. The predicted octanol–water partition coefficient (Wildman–Crippen LogP) is 6.78. The molecule has 2 aromatic carbocycles. The van der Waals surface area contributed by atoms with E-state index in [4.69, 9.17) is 0 Å². The van der Waals surface area contributed by atoms with Crippen LogP contribution in [0.15, 0.2) is 77.4 Å². The van der Waals surface area contributed by atoms with E-state index < -0.39 is 0 Å². The van der Waals surface area contributed by atoms with Gasteiger partial charge in [-0.05, 0) is 65.1 Å². The molecular weight excluding hydrogens is 430 g/mol. The molecular formula is C31H33N3O. The SMILES string of the molecule is CCN(CCO)c1ccc(/C=C/c2ccc(/C=C/C3=CC(=C(C#N)C#N)CC(C)(C)C3)cc2)cc1. The summed E-state index contributed by atoms with van der Waals surface area (Å²) in [5.41, 5.74) is 6.66. The normalized spacial score (nSPS) is 15.0. The minimum absolute atomic E-state index is 0.0171. The third-order valence-electron chi connectivity index (χ3n) is 6.16. The second-order valence-electron chi connectivity index (χ2n) is 9.59. The van der Waals surface area contributed by atoms with Crippen molar-refractivity contribution in [1.29, 1.82) is 10.5 Å². The number of hydrogen-bond donors (Lipinski definition) is 1. The summed E-state index contributed by atoms with van der Waals surface area (Å²) in [5, 5.41) is 27.7. The van der Waals surface area contributed by atoms with Gasteiger partial charge >= 0.3 is 0 Å². The maximum Gasteiger partial charge on any atom is 0.132 e. The van der Waals surface area contributed by atoms with Gasteiger partial charge in [-0.2, -0.15) is 10.5 Å². The number of nitriles is 2. The van der Waals surface area contributed by atoms with Crippen molar-refractivity contribution in [3.8, 4) is 12.1 Å². The van der Waals surface area contributed by atoms with E-state index in [2.05, 4.69) is 98.5 Å². The quantitative estimate of drug-likeness (QED) is 0.346. The van der Waals surface area contributed by atoms with Crippen LogP contribution < -0.4 is 4.90 Å². The van der Waals surface area contributed by atoms with E-state index in [-0.39, 0.29) is 17.6 Å². The average molecular weight is 464 g/mol. The second-order valence-corrected chi connectivity index (χ2v) is 9.59. The number of likely N-dealkylation sites (N-methyl/N-ethyl adjacent to an activating group) is 1. The lowest BCUT2D eigenvalue weighted by molar-refractivity contribution is 0.302. The predicted molar refractivity (Wildman–Crippen MR) is 145 cm³/mol. The lowest BCUT2D eigenvalue weighted by Gasteiger charge is -2.30. The number of allylic oxidation sites excluding steroid dienone is 5. The van der Waals surface area contributed by atoms with Crippen molar-refractivity contribution >= 4 is 23.9 Å². The van der Waals surface area contributed by atoms with E-state index in [1.54, 1.807) is 0 Å². The monoisotopic (exact) mass is 463 g/mol. The number of aliphatic hydroxyl groups is 1. The summed E-state index contributed by atoms with van der Waals surface area (Å²) in [4.78, 5) is 2.15. The Labute approximate surface area is 209 Å². The smallest absolute Gasteiger partial charge is 0.132 e. The van der Waals surface area contributed by atoms with E-state index in [1.165, 1.54) is 0 Å². The first-order valence-electron chi connectivity index (χ1n) is 12.0. The van der Waals surface area contributed by atoms with Crippen LogP contribution in [0.2, 0.25) is 0 Å². The minimum atomic E-state index is 0.0171. The lowest BCUT2D eigenvalue weighted by atomic mass is 9.74. The van der Waals surface area contributed by atoms with Crippen molar-refractivity contribution in [2.75, 3.05) is 24.6 Å². The maximum atomic E-state index is 9.26. The van der Waals surface area contributed by atoms with Gasteiger partial charge in [-0.15, -0.1) is 0 Å². The molecule has 35 heavy (non-hydrogen) atoms. The van der Waals surface area contributed by atoms with Crippen molar-refractivity contribution in [1.82, 2.24) is 0 Å². The Morgan fingerprint density at radius 1 is 0.886 bits per heavy atom. The van der Waals surface area contributed by atoms with Gasteiger partial charge in [0.15, 0.2) is 0 Å². The molecule has 0 aliphatic heterocycles. The standard InChI is InChI=1S/C31H33N3O/c1-4-34(17-18-35)30-15-13-26(14-16-30)10-9-24-5-7-25(8-6-24)11-12-27-19-28(29(22-32)23-33)21-31(2,3)20-27/h5-16,19,35H,4,17-18,20-21H2,1-3H3/b10-9+,12-11+. The number of benzene rings is 2. The molecule has 0 unspecified atom stereocenters. The Kier molecular flexibility index (Phi) is 8.85. The van der Waals surface area contributed by atoms with Gasteiger partial charge < -0.3 is 10.0 Å². The summed E-state index contributed by atoms with van der Waals surface area (Å²) >= 11 is 0. The van der Waals surface area contributed by atoms with Crippen molar-refractivity contribution in [2.45, 2.75) is 33.6 Å². The Morgan fingerprint density at radius 2 is 1.40 bits per heavy atom. The third-order valence-corrected chi connectivity index (χ3v) is 6.16. The van der Waals surface area contributed by atoms with Crippen molar-refractivity contribution in [2.24, 2.45) is 5.41 Å². The summed E-state index contributed by atoms with van der Waals surface area (Å²) in [6, 6.07) is 20.8. The molecule has 0 saturated carbocycles. The number of rotatable bonds is 8.